The van der Waals surface area contributed by atoms with Crippen LogP contribution < -0.4 is 0 Å². The van der Waals surface area contributed by atoms with Gasteiger partial charge in [-0.3, -0.25) is 0 Å². The Labute approximate surface area is 55.7 Å². The van der Waals surface area contributed by atoms with Crippen LogP contribution in [0.1, 0.15) is 0 Å². The first-order valence-corrected chi connectivity index (χ1v) is 2.17. The minimum absolute atomic E-state index is 1.04. The summed E-state index contributed by atoms with van der Waals surface area (Å²) in [6.07, 6.45) is 0. The van der Waals surface area contributed by atoms with Crippen LogP contribution in [0.2, 0.25) is 0 Å². The summed E-state index contributed by atoms with van der Waals surface area (Å²) in [4.78, 5) is 23.8. The zero-order chi connectivity index (χ0) is 8.15. The van der Waals surface area contributed by atoms with Gasteiger partial charge in [-0.25, -0.2) is 9.59 Å². The van der Waals surface area contributed by atoms with Crippen LogP contribution in [-0.4, -0.2) is 35.0 Å². The molecule has 6 nitrogen and oxygen atoms in total. The van der Waals surface area contributed by atoms with Crippen LogP contribution in [0, 0.1) is 0 Å². The molecule has 0 amide bonds. The van der Waals surface area contributed by atoms with Crippen LogP contribution in [-0.2, 0) is 14.4 Å². The third kappa shape index (κ3) is 2.12. The van der Waals surface area contributed by atoms with Crippen molar-refractivity contribution in [3.05, 3.63) is 0 Å². The summed E-state index contributed by atoms with van der Waals surface area (Å²) in [5.74, 6) is -3.26. The van der Waals surface area contributed by atoms with E-state index in [1.54, 1.807) is 0 Å². The second-order valence-electron chi connectivity index (χ2n) is 1.23. The monoisotopic (exact) mass is 147 g/mol. The molecule has 0 aliphatic carbocycles. The molecule has 6 heteroatoms. The Balaban J connectivity index is 4.42. The van der Waals surface area contributed by atoms with Crippen molar-refractivity contribution in [1.82, 2.24) is 0 Å². The summed E-state index contributed by atoms with van der Waals surface area (Å²) >= 11 is 0. The highest BCUT2D eigenvalue weighted by Crippen LogP contribution is 1.80. The molecule has 56 valence electrons. The van der Waals surface area contributed by atoms with Crippen LogP contribution in [0.3, 0.4) is 0 Å². The van der Waals surface area contributed by atoms with Crippen molar-refractivity contribution < 1.29 is 24.6 Å². The number of hydrogen-bond acceptors (Lipinski definition) is 4. The third-order valence-corrected chi connectivity index (χ3v) is 0.588. The van der Waals surface area contributed by atoms with E-state index < -0.39 is 17.7 Å². The minimum Gasteiger partial charge on any atom is -0.476 e. The van der Waals surface area contributed by atoms with Crippen molar-refractivity contribution in [1.29, 1.82) is 0 Å². The maximum absolute atomic E-state index is 9.94. The molecule has 0 heterocycles. The predicted octanol–water partition coefficient (Wildman–Crippen LogP) is -0.842. The van der Waals surface area contributed by atoms with E-state index in [9.17, 15) is 9.59 Å². The van der Waals surface area contributed by atoms with Crippen molar-refractivity contribution in [2.24, 2.45) is 5.16 Å². The highest BCUT2D eigenvalue weighted by Gasteiger charge is 2.18. The summed E-state index contributed by atoms with van der Waals surface area (Å²) in [7, 11) is 1.06. The highest BCUT2D eigenvalue weighted by molar-refractivity contribution is 6.61. The van der Waals surface area contributed by atoms with Gasteiger partial charge in [0.25, 0.3) is 5.71 Å². The van der Waals surface area contributed by atoms with Gasteiger partial charge in [-0.05, 0) is 0 Å². The van der Waals surface area contributed by atoms with Gasteiger partial charge in [-0.1, -0.05) is 5.16 Å². The predicted molar refractivity (Wildman–Crippen MR) is 29.7 cm³/mol. The number of rotatable bonds is 3. The van der Waals surface area contributed by atoms with E-state index in [1.165, 1.54) is 0 Å². The first-order valence-electron chi connectivity index (χ1n) is 2.17. The van der Waals surface area contributed by atoms with Gasteiger partial charge in [0.2, 0.25) is 0 Å². The normalized spacial score (nSPS) is 8.10. The zero-order valence-corrected chi connectivity index (χ0v) is 5.07. The smallest absolute Gasteiger partial charge is 0.365 e. The molecular formula is C4H5NO5. The Morgan fingerprint density at radius 2 is 1.70 bits per heavy atom. The number of hydrogen-bond donors (Lipinski definition) is 2. The lowest BCUT2D eigenvalue weighted by molar-refractivity contribution is -0.134. The van der Waals surface area contributed by atoms with Crippen molar-refractivity contribution >= 4 is 17.7 Å². The van der Waals surface area contributed by atoms with Crippen molar-refractivity contribution in [3.8, 4) is 0 Å². The molecule has 2 N–H and O–H groups in total. The van der Waals surface area contributed by atoms with E-state index in [0.717, 1.165) is 7.11 Å². The molecule has 0 saturated heterocycles. The third-order valence-electron chi connectivity index (χ3n) is 0.588. The number of carbonyl (C=O) groups is 2. The van der Waals surface area contributed by atoms with Crippen molar-refractivity contribution in [2.45, 2.75) is 0 Å². The van der Waals surface area contributed by atoms with Gasteiger partial charge in [-0.2, -0.15) is 0 Å². The molecule has 0 rings (SSSR count). The molecule has 0 unspecified atom stereocenters. The molecular weight excluding hydrogens is 142 g/mol. The Morgan fingerprint density at radius 1 is 1.30 bits per heavy atom. The maximum atomic E-state index is 9.94. The van der Waals surface area contributed by atoms with Gasteiger partial charge >= 0.3 is 11.9 Å². The molecule has 0 aromatic carbocycles. The quantitative estimate of drug-likeness (QED) is 0.308. The van der Waals surface area contributed by atoms with Crippen molar-refractivity contribution in [3.63, 3.8) is 0 Å². The Bertz CT molecular complexity index is 168. The van der Waals surface area contributed by atoms with Gasteiger partial charge in [0, 0.05) is 0 Å². The number of carboxylic acid groups (broad SMARTS) is 2. The fourth-order valence-electron chi connectivity index (χ4n) is 0.261. The van der Waals surface area contributed by atoms with E-state index in [2.05, 4.69) is 9.99 Å². The number of carboxylic acids is 2. The number of oxime groups is 1. The van der Waals surface area contributed by atoms with E-state index in [4.69, 9.17) is 10.2 Å². The number of nitrogens with zero attached hydrogens (tertiary/aromatic N) is 1. The standard InChI is InChI=1S/C4H5NO5/c1-10-5-2(3(6)7)4(8)9/h1H3,(H,6,7)(H,8,9). The number of aliphatic carboxylic acids is 2. The van der Waals surface area contributed by atoms with Crippen LogP contribution in [0.15, 0.2) is 5.16 Å². The lowest BCUT2D eigenvalue weighted by atomic mass is 10.4. The first-order chi connectivity index (χ1) is 4.59. The molecule has 0 aliphatic heterocycles. The highest BCUT2D eigenvalue weighted by atomic mass is 16.6. The average molecular weight is 147 g/mol. The minimum atomic E-state index is -1.63. The molecule has 0 bridgehead atoms. The molecule has 0 atom stereocenters. The first kappa shape index (κ1) is 8.41. The van der Waals surface area contributed by atoms with Gasteiger partial charge < -0.3 is 15.1 Å². The fraction of sp³-hybridized carbons (Fsp3) is 0.250. The van der Waals surface area contributed by atoms with E-state index in [0.29, 0.717) is 0 Å². The second-order valence-corrected chi connectivity index (χ2v) is 1.23. The summed E-state index contributed by atoms with van der Waals surface area (Å²) in [6, 6.07) is 0. The molecule has 0 aromatic heterocycles. The Morgan fingerprint density at radius 3 is 1.80 bits per heavy atom. The summed E-state index contributed by atoms with van der Waals surface area (Å²) in [6.45, 7) is 0. The summed E-state index contributed by atoms with van der Waals surface area (Å²) in [5, 5.41) is 18.9. The van der Waals surface area contributed by atoms with Gasteiger partial charge in [0.05, 0.1) is 0 Å². The second kappa shape index (κ2) is 3.44. The van der Waals surface area contributed by atoms with E-state index >= 15 is 0 Å². The van der Waals surface area contributed by atoms with Crippen LogP contribution in [0.4, 0.5) is 0 Å². The molecule has 0 aliphatic rings. The average Bonchev–Trinajstić information content (AvgIpc) is 1.81. The molecule has 0 fully saturated rings. The summed E-state index contributed by atoms with van der Waals surface area (Å²) < 4.78 is 0. The molecule has 0 aromatic rings. The maximum Gasteiger partial charge on any atom is 0.365 e. The SMILES string of the molecule is CON=C(C(=O)O)C(=O)O. The molecule has 10 heavy (non-hydrogen) atoms. The molecule has 0 radical (unpaired) electrons. The summed E-state index contributed by atoms with van der Waals surface area (Å²) in [5.41, 5.74) is -1.04. The lowest BCUT2D eigenvalue weighted by Crippen LogP contribution is -2.23. The molecule has 0 spiro atoms. The Kier molecular flexibility index (Phi) is 2.89. The zero-order valence-electron chi connectivity index (χ0n) is 5.07. The lowest BCUT2D eigenvalue weighted by Gasteiger charge is -1.90. The van der Waals surface area contributed by atoms with E-state index in [1.807, 2.05) is 0 Å². The van der Waals surface area contributed by atoms with Crippen molar-refractivity contribution in [2.75, 3.05) is 7.11 Å². The van der Waals surface area contributed by atoms with Crippen LogP contribution >= 0.6 is 0 Å². The van der Waals surface area contributed by atoms with Crippen LogP contribution in [0.5, 0.6) is 0 Å². The van der Waals surface area contributed by atoms with E-state index in [-0.39, 0.29) is 0 Å². The van der Waals surface area contributed by atoms with Crippen LogP contribution in [0.25, 0.3) is 0 Å². The largest absolute Gasteiger partial charge is 0.476 e. The van der Waals surface area contributed by atoms with Gasteiger partial charge in [0.1, 0.15) is 7.11 Å². The van der Waals surface area contributed by atoms with Gasteiger partial charge in [-0.15, -0.1) is 0 Å². The Hall–Kier alpha value is -1.59. The molecule has 0 saturated carbocycles. The van der Waals surface area contributed by atoms with Gasteiger partial charge in [0.15, 0.2) is 0 Å². The fourth-order valence-corrected chi connectivity index (χ4v) is 0.261. The topological polar surface area (TPSA) is 96.2 Å².